The highest BCUT2D eigenvalue weighted by Gasteiger charge is 2.18. The van der Waals surface area contributed by atoms with Crippen LogP contribution in [0.2, 0.25) is 0 Å². The summed E-state index contributed by atoms with van der Waals surface area (Å²) in [4.78, 5) is 9.00. The highest BCUT2D eigenvalue weighted by atomic mass is 19.1. The maximum atomic E-state index is 13.3. The first-order valence-electron chi connectivity index (χ1n) is 10.4. The number of allylic oxidation sites excluding steroid dienone is 1. The highest BCUT2D eigenvalue weighted by molar-refractivity contribution is 5.78. The van der Waals surface area contributed by atoms with E-state index in [9.17, 15) is 4.39 Å². The first-order valence-corrected chi connectivity index (χ1v) is 10.4. The van der Waals surface area contributed by atoms with Gasteiger partial charge in [-0.05, 0) is 54.8 Å². The summed E-state index contributed by atoms with van der Waals surface area (Å²) < 4.78 is 22.8. The maximum absolute atomic E-state index is 13.3. The van der Waals surface area contributed by atoms with Gasteiger partial charge in [-0.3, -0.25) is 0 Å². The van der Waals surface area contributed by atoms with Gasteiger partial charge in [0.05, 0.1) is 24.8 Å². The van der Waals surface area contributed by atoms with Crippen molar-refractivity contribution in [3.8, 4) is 11.4 Å². The van der Waals surface area contributed by atoms with Gasteiger partial charge in [0.15, 0.2) is 11.6 Å². The Bertz CT molecular complexity index is 1330. The number of methoxy groups -OCH3 is 1. The molecule has 5 rings (SSSR count). The lowest BCUT2D eigenvalue weighted by Crippen LogP contribution is -2.10. The van der Waals surface area contributed by atoms with Gasteiger partial charge in [0, 0.05) is 18.3 Å². The number of fused-ring (bicyclic) bond motifs is 1. The number of aromatic nitrogens is 5. The molecule has 0 unspecified atom stereocenters. The van der Waals surface area contributed by atoms with E-state index in [1.165, 1.54) is 12.1 Å². The molecule has 2 aromatic carbocycles. The molecule has 7 heteroatoms. The Morgan fingerprint density at radius 2 is 1.94 bits per heavy atom. The largest absolute Gasteiger partial charge is 0.495 e. The number of hydrogen-bond donors (Lipinski definition) is 0. The van der Waals surface area contributed by atoms with Gasteiger partial charge < -0.3 is 9.30 Å². The van der Waals surface area contributed by atoms with Crippen LogP contribution in [0.25, 0.3) is 23.4 Å². The van der Waals surface area contributed by atoms with E-state index in [0.29, 0.717) is 5.82 Å². The van der Waals surface area contributed by atoms with Crippen molar-refractivity contribution in [1.29, 1.82) is 0 Å². The second-order valence-corrected chi connectivity index (χ2v) is 7.62. The average molecular weight is 427 g/mol. The van der Waals surface area contributed by atoms with Gasteiger partial charge in [0.2, 0.25) is 0 Å². The lowest BCUT2D eigenvalue weighted by molar-refractivity contribution is 0.413. The number of nitrogens with zero attached hydrogens (tertiary/aromatic N) is 5. The van der Waals surface area contributed by atoms with Crippen molar-refractivity contribution in [2.45, 2.75) is 19.9 Å². The number of halogens is 1. The standard InChI is InChI=1S/C25H22FN5O/c1-17-15-30(16-27-17)22-11-5-18(14-23(22)32-2)6-12-24-28-25-21(4-3-13-31(25)29-24)19-7-9-20(26)10-8-19/h4-12,14-16H,3,13H2,1-2H3. The maximum Gasteiger partial charge on any atom is 0.174 e. The van der Waals surface area contributed by atoms with E-state index in [1.807, 2.05) is 52.7 Å². The van der Waals surface area contributed by atoms with Crippen LogP contribution in [0.1, 0.15) is 34.9 Å². The summed E-state index contributed by atoms with van der Waals surface area (Å²) in [6.07, 6.45) is 10.6. The zero-order valence-electron chi connectivity index (χ0n) is 17.9. The van der Waals surface area contributed by atoms with Crippen molar-refractivity contribution < 1.29 is 9.13 Å². The Hall–Kier alpha value is -4.00. The van der Waals surface area contributed by atoms with Crippen molar-refractivity contribution in [3.63, 3.8) is 0 Å². The molecule has 160 valence electrons. The second kappa shape index (κ2) is 8.26. The molecule has 1 aliphatic heterocycles. The summed E-state index contributed by atoms with van der Waals surface area (Å²) >= 11 is 0. The number of rotatable bonds is 5. The first-order chi connectivity index (χ1) is 15.6. The minimum Gasteiger partial charge on any atom is -0.495 e. The van der Waals surface area contributed by atoms with Crippen molar-refractivity contribution in [2.75, 3.05) is 7.11 Å². The van der Waals surface area contributed by atoms with Crippen LogP contribution in [0.3, 0.4) is 0 Å². The summed E-state index contributed by atoms with van der Waals surface area (Å²) in [5.74, 6) is 1.93. The van der Waals surface area contributed by atoms with Gasteiger partial charge >= 0.3 is 0 Å². The lowest BCUT2D eigenvalue weighted by atomic mass is 10.0. The molecule has 2 aromatic heterocycles. The summed E-state index contributed by atoms with van der Waals surface area (Å²) in [6.45, 7) is 2.72. The van der Waals surface area contributed by atoms with E-state index < -0.39 is 0 Å². The molecule has 6 nitrogen and oxygen atoms in total. The van der Waals surface area contributed by atoms with Gasteiger partial charge in [-0.25, -0.2) is 19.0 Å². The van der Waals surface area contributed by atoms with Gasteiger partial charge in [-0.1, -0.05) is 30.4 Å². The predicted octanol–water partition coefficient (Wildman–Crippen LogP) is 4.93. The molecule has 32 heavy (non-hydrogen) atoms. The van der Waals surface area contributed by atoms with Crippen molar-refractivity contribution >= 4 is 17.7 Å². The third kappa shape index (κ3) is 3.85. The number of aryl methyl sites for hydroxylation is 2. The molecular formula is C25H22FN5O. The smallest absolute Gasteiger partial charge is 0.174 e. The third-order valence-electron chi connectivity index (χ3n) is 5.39. The number of imidazole rings is 1. The third-order valence-corrected chi connectivity index (χ3v) is 5.39. The Balaban J connectivity index is 1.41. The summed E-state index contributed by atoms with van der Waals surface area (Å²) in [7, 11) is 1.66. The fourth-order valence-electron chi connectivity index (χ4n) is 3.82. The minimum absolute atomic E-state index is 0.250. The van der Waals surface area contributed by atoms with Gasteiger partial charge in [0.1, 0.15) is 11.6 Å². The normalized spacial score (nSPS) is 13.3. The van der Waals surface area contributed by atoms with Crippen LogP contribution in [0.15, 0.2) is 61.1 Å². The summed E-state index contributed by atoms with van der Waals surface area (Å²) in [6, 6.07) is 12.5. The Morgan fingerprint density at radius 1 is 1.09 bits per heavy atom. The fourth-order valence-corrected chi connectivity index (χ4v) is 3.82. The number of benzene rings is 2. The van der Waals surface area contributed by atoms with Crippen molar-refractivity contribution in [1.82, 2.24) is 24.3 Å². The lowest BCUT2D eigenvalue weighted by Gasteiger charge is -2.14. The van der Waals surface area contributed by atoms with Crippen LogP contribution in [-0.2, 0) is 6.54 Å². The molecule has 0 N–H and O–H groups in total. The zero-order valence-corrected chi connectivity index (χ0v) is 17.9. The van der Waals surface area contributed by atoms with E-state index in [-0.39, 0.29) is 5.82 Å². The fraction of sp³-hybridized carbons (Fsp3) is 0.160. The van der Waals surface area contributed by atoms with E-state index in [1.54, 1.807) is 25.6 Å². The Labute approximate surface area is 185 Å². The Morgan fingerprint density at radius 3 is 2.69 bits per heavy atom. The van der Waals surface area contributed by atoms with E-state index >= 15 is 0 Å². The average Bonchev–Trinajstić information content (AvgIpc) is 3.43. The molecule has 0 amide bonds. The molecule has 0 spiro atoms. The van der Waals surface area contributed by atoms with Crippen LogP contribution >= 0.6 is 0 Å². The molecular weight excluding hydrogens is 405 g/mol. The summed E-state index contributed by atoms with van der Waals surface area (Å²) in [5.41, 5.74) is 4.76. The van der Waals surface area contributed by atoms with E-state index in [4.69, 9.17) is 9.72 Å². The molecule has 3 heterocycles. The molecule has 0 radical (unpaired) electrons. The van der Waals surface area contributed by atoms with Crippen molar-refractivity contribution in [3.05, 3.63) is 95.4 Å². The molecule has 4 aromatic rings. The topological polar surface area (TPSA) is 57.8 Å². The van der Waals surface area contributed by atoms with Crippen LogP contribution < -0.4 is 4.74 Å². The molecule has 0 saturated carbocycles. The van der Waals surface area contributed by atoms with Crippen LogP contribution in [-0.4, -0.2) is 31.4 Å². The predicted molar refractivity (Wildman–Crippen MR) is 122 cm³/mol. The quantitative estimate of drug-likeness (QED) is 0.453. The molecule has 0 saturated heterocycles. The van der Waals surface area contributed by atoms with Crippen molar-refractivity contribution in [2.24, 2.45) is 0 Å². The second-order valence-electron chi connectivity index (χ2n) is 7.62. The highest BCUT2D eigenvalue weighted by Crippen LogP contribution is 2.28. The molecule has 0 atom stereocenters. The van der Waals surface area contributed by atoms with Crippen LogP contribution in [0.5, 0.6) is 5.75 Å². The number of ether oxygens (including phenoxy) is 1. The molecule has 0 aliphatic carbocycles. The van der Waals surface area contributed by atoms with Gasteiger partial charge in [-0.15, -0.1) is 0 Å². The summed E-state index contributed by atoms with van der Waals surface area (Å²) in [5, 5.41) is 4.63. The number of hydrogen-bond acceptors (Lipinski definition) is 4. The minimum atomic E-state index is -0.250. The van der Waals surface area contributed by atoms with Crippen LogP contribution in [0, 0.1) is 12.7 Å². The molecule has 1 aliphatic rings. The SMILES string of the molecule is COc1cc(C=Cc2nc3n(n2)CCC=C3c2ccc(F)cc2)ccc1-n1cnc(C)c1. The van der Waals surface area contributed by atoms with E-state index in [0.717, 1.165) is 52.6 Å². The van der Waals surface area contributed by atoms with Crippen LogP contribution in [0.4, 0.5) is 4.39 Å². The van der Waals surface area contributed by atoms with E-state index in [2.05, 4.69) is 16.2 Å². The van der Waals surface area contributed by atoms with Gasteiger partial charge in [0.25, 0.3) is 0 Å². The monoisotopic (exact) mass is 427 g/mol. The Kier molecular flexibility index (Phi) is 5.15. The zero-order chi connectivity index (χ0) is 22.1. The molecule has 0 bridgehead atoms. The first kappa shape index (κ1) is 19.9. The van der Waals surface area contributed by atoms with Gasteiger partial charge in [-0.2, -0.15) is 5.10 Å². The molecule has 0 fully saturated rings.